The van der Waals surface area contributed by atoms with Crippen LogP contribution in [0.5, 0.6) is 0 Å². The molecule has 55 heavy (non-hydrogen) atoms. The van der Waals surface area contributed by atoms with Crippen molar-refractivity contribution in [3.05, 3.63) is 108 Å². The first kappa shape index (κ1) is 41.6. The summed E-state index contributed by atoms with van der Waals surface area (Å²) in [4.78, 5) is 49.0. The van der Waals surface area contributed by atoms with E-state index in [1.54, 1.807) is 11.8 Å². The number of carbonyl (C=O) groups excluding carboxylic acids is 4. The molecule has 0 aromatic heterocycles. The van der Waals surface area contributed by atoms with Crippen LogP contribution in [0.4, 0.5) is 4.79 Å². The summed E-state index contributed by atoms with van der Waals surface area (Å²) >= 11 is 1.57. The van der Waals surface area contributed by atoms with Crippen molar-refractivity contribution in [3.63, 3.8) is 0 Å². The van der Waals surface area contributed by atoms with Gasteiger partial charge in [0.2, 0.25) is 17.7 Å². The van der Waals surface area contributed by atoms with Gasteiger partial charge in [-0.15, -0.1) is 11.8 Å². The van der Waals surface area contributed by atoms with Crippen molar-refractivity contribution in [2.24, 2.45) is 0 Å². The Bertz CT molecular complexity index is 1640. The highest BCUT2D eigenvalue weighted by molar-refractivity contribution is 7.99. The average Bonchev–Trinajstić information content (AvgIpc) is 3.69. The van der Waals surface area contributed by atoms with Gasteiger partial charge in [-0.05, 0) is 22.4 Å². The van der Waals surface area contributed by atoms with Gasteiger partial charge in [-0.2, -0.15) is 0 Å². The molecule has 0 saturated carbocycles. The van der Waals surface area contributed by atoms with Crippen molar-refractivity contribution in [2.45, 2.75) is 75.2 Å². The highest BCUT2D eigenvalue weighted by atomic mass is 32.2. The standard InChI is InChI=1S/C40H50N4O10S/c1-3-55-39-37(51-25-29-17-11-6-12-18-29)36(50-24-28-15-9-5-10-16-28)35(49-23-27-13-7-4-8-14-27)32(54-39)26-52-40(48)53-30-19-31(42-20-30)38(47)44-22-34(46)43-21-33(45)41-2/h4-18,30-32,35-37,39,42H,3,19-26H2,1-2H3,(H,41,45)(H,43,46)(H,44,47)/t30-,31+,32-,35+,36+,37-,39+/m1/s1. The van der Waals surface area contributed by atoms with Crippen LogP contribution in [0.1, 0.15) is 30.0 Å². The van der Waals surface area contributed by atoms with Crippen LogP contribution < -0.4 is 21.3 Å². The Morgan fingerprint density at radius 3 is 1.85 bits per heavy atom. The summed E-state index contributed by atoms with van der Waals surface area (Å²) in [7, 11) is 1.46. The second kappa shape index (κ2) is 22.1. The van der Waals surface area contributed by atoms with E-state index in [9.17, 15) is 19.2 Å². The van der Waals surface area contributed by atoms with Gasteiger partial charge in [-0.25, -0.2) is 4.79 Å². The molecule has 5 rings (SSSR count). The van der Waals surface area contributed by atoms with Gasteiger partial charge in [0.25, 0.3) is 0 Å². The number of thioether (sulfide) groups is 1. The Hall–Kier alpha value is -4.51. The average molecular weight is 779 g/mol. The maximum Gasteiger partial charge on any atom is 0.508 e. The Morgan fingerprint density at radius 1 is 0.745 bits per heavy atom. The van der Waals surface area contributed by atoms with Crippen LogP contribution in [0.15, 0.2) is 91.0 Å². The van der Waals surface area contributed by atoms with Gasteiger partial charge >= 0.3 is 6.16 Å². The fourth-order valence-corrected chi connectivity index (χ4v) is 7.08. The summed E-state index contributed by atoms with van der Waals surface area (Å²) in [5.74, 6) is -0.573. The fourth-order valence-electron chi connectivity index (χ4n) is 6.11. The number of hydrogen-bond acceptors (Lipinski definition) is 12. The van der Waals surface area contributed by atoms with E-state index in [2.05, 4.69) is 21.3 Å². The van der Waals surface area contributed by atoms with Crippen LogP contribution in [0, 0.1) is 0 Å². The summed E-state index contributed by atoms with van der Waals surface area (Å²) in [5.41, 5.74) is 2.46. The number of benzene rings is 3. The first-order chi connectivity index (χ1) is 26.8. The molecule has 7 atom stereocenters. The third kappa shape index (κ3) is 13.3. The maximum atomic E-state index is 13.1. The van der Waals surface area contributed by atoms with Crippen molar-refractivity contribution < 1.29 is 47.6 Å². The molecule has 3 aromatic carbocycles. The normalized spacial score (nSPS) is 23.3. The molecule has 0 unspecified atom stereocenters. The monoisotopic (exact) mass is 778 g/mol. The molecule has 0 bridgehead atoms. The predicted molar refractivity (Wildman–Crippen MR) is 205 cm³/mol. The minimum Gasteiger partial charge on any atom is -0.431 e. The molecular weight excluding hydrogens is 729 g/mol. The van der Waals surface area contributed by atoms with E-state index in [1.807, 2.05) is 97.9 Å². The molecule has 2 heterocycles. The molecule has 14 nitrogen and oxygen atoms in total. The van der Waals surface area contributed by atoms with E-state index in [4.69, 9.17) is 28.4 Å². The lowest BCUT2D eigenvalue weighted by Crippen LogP contribution is -2.60. The first-order valence-corrected chi connectivity index (χ1v) is 19.4. The van der Waals surface area contributed by atoms with E-state index in [-0.39, 0.29) is 45.2 Å². The highest BCUT2D eigenvalue weighted by Crippen LogP contribution is 2.35. The molecule has 2 aliphatic heterocycles. The molecule has 296 valence electrons. The lowest BCUT2D eigenvalue weighted by Gasteiger charge is -2.45. The molecule has 2 aliphatic rings. The predicted octanol–water partition coefficient (Wildman–Crippen LogP) is 3.08. The van der Waals surface area contributed by atoms with Gasteiger partial charge in [-0.3, -0.25) is 14.4 Å². The minimum absolute atomic E-state index is 0.175. The Kier molecular flexibility index (Phi) is 16.8. The molecule has 0 aliphatic carbocycles. The van der Waals surface area contributed by atoms with Gasteiger partial charge in [0, 0.05) is 20.0 Å². The number of hydrogen-bond donors (Lipinski definition) is 4. The van der Waals surface area contributed by atoms with Crippen LogP contribution in [0.2, 0.25) is 0 Å². The van der Waals surface area contributed by atoms with E-state index in [0.29, 0.717) is 13.2 Å². The number of nitrogens with one attached hydrogen (secondary N) is 4. The molecule has 2 saturated heterocycles. The van der Waals surface area contributed by atoms with Crippen molar-refractivity contribution in [2.75, 3.05) is 39.0 Å². The third-order valence-corrected chi connectivity index (χ3v) is 10.0. The van der Waals surface area contributed by atoms with Crippen LogP contribution in [0.25, 0.3) is 0 Å². The molecule has 3 aromatic rings. The quantitative estimate of drug-likeness (QED) is 0.131. The van der Waals surface area contributed by atoms with E-state index in [1.165, 1.54) is 7.05 Å². The number of carbonyl (C=O) groups is 4. The lowest BCUT2D eigenvalue weighted by molar-refractivity contribution is -0.252. The molecule has 4 N–H and O–H groups in total. The smallest absolute Gasteiger partial charge is 0.431 e. The molecule has 2 fully saturated rings. The summed E-state index contributed by atoms with van der Waals surface area (Å²) in [6.45, 7) is 2.44. The van der Waals surface area contributed by atoms with Crippen LogP contribution in [-0.2, 0) is 62.6 Å². The molecule has 3 amide bonds. The van der Waals surface area contributed by atoms with E-state index in [0.717, 1.165) is 22.4 Å². The number of ether oxygens (including phenoxy) is 6. The van der Waals surface area contributed by atoms with Gasteiger partial charge in [0.05, 0.1) is 39.0 Å². The Labute approximate surface area is 325 Å². The largest absolute Gasteiger partial charge is 0.508 e. The first-order valence-electron chi connectivity index (χ1n) is 18.4. The molecule has 0 radical (unpaired) electrons. The number of amides is 3. The Morgan fingerprint density at radius 2 is 1.29 bits per heavy atom. The van der Waals surface area contributed by atoms with Crippen molar-refractivity contribution >= 4 is 35.6 Å². The van der Waals surface area contributed by atoms with E-state index >= 15 is 0 Å². The summed E-state index contributed by atoms with van der Waals surface area (Å²) in [6, 6.07) is 28.8. The Balaban J connectivity index is 1.24. The minimum atomic E-state index is -0.921. The number of likely N-dealkylation sites (N-methyl/N-ethyl adjacent to an activating group) is 1. The second-order valence-electron chi connectivity index (χ2n) is 12.9. The van der Waals surface area contributed by atoms with Gasteiger partial charge in [0.15, 0.2) is 0 Å². The highest BCUT2D eigenvalue weighted by Gasteiger charge is 2.49. The summed E-state index contributed by atoms with van der Waals surface area (Å²) in [5, 5.41) is 10.3. The zero-order chi connectivity index (χ0) is 38.8. The SMILES string of the molecule is CCS[C@@H]1O[C@H](COC(=O)O[C@H]2CN[C@H](C(=O)NCC(=O)NCC(=O)NC)C2)[C@H](OCc2ccccc2)[C@H](OCc2ccccc2)[C@H]1OCc1ccccc1. The van der Waals surface area contributed by atoms with Gasteiger partial charge in [-0.1, -0.05) is 97.9 Å². The van der Waals surface area contributed by atoms with E-state index < -0.39 is 60.0 Å². The van der Waals surface area contributed by atoms with Gasteiger partial charge in [0.1, 0.15) is 42.6 Å². The van der Waals surface area contributed by atoms with Crippen molar-refractivity contribution in [1.82, 2.24) is 21.3 Å². The molecule has 0 spiro atoms. The number of rotatable bonds is 19. The molecule has 15 heteroatoms. The van der Waals surface area contributed by atoms with Crippen molar-refractivity contribution in [1.29, 1.82) is 0 Å². The molecular formula is C40H50N4O10S. The van der Waals surface area contributed by atoms with Crippen LogP contribution >= 0.6 is 11.8 Å². The second-order valence-corrected chi connectivity index (χ2v) is 14.3. The maximum absolute atomic E-state index is 13.1. The fraction of sp³-hybridized carbons (Fsp3) is 0.450. The van der Waals surface area contributed by atoms with Gasteiger partial charge < -0.3 is 49.7 Å². The van der Waals surface area contributed by atoms with Crippen molar-refractivity contribution in [3.8, 4) is 0 Å². The van der Waals surface area contributed by atoms with Crippen LogP contribution in [0.3, 0.4) is 0 Å². The lowest BCUT2D eigenvalue weighted by atomic mass is 9.99. The topological polar surface area (TPSA) is 172 Å². The zero-order valence-electron chi connectivity index (χ0n) is 31.1. The summed E-state index contributed by atoms with van der Waals surface area (Å²) in [6.07, 6.45) is -3.99. The van der Waals surface area contributed by atoms with Crippen LogP contribution in [-0.4, -0.2) is 105 Å². The summed E-state index contributed by atoms with van der Waals surface area (Å²) < 4.78 is 37.8. The zero-order valence-corrected chi connectivity index (χ0v) is 31.9. The third-order valence-electron chi connectivity index (χ3n) is 8.96.